The lowest BCUT2D eigenvalue weighted by Gasteiger charge is -2.06. The highest BCUT2D eigenvalue weighted by Gasteiger charge is 2.17. The molecular formula is C18H19ClN4O3S. The van der Waals surface area contributed by atoms with Crippen molar-refractivity contribution < 1.29 is 14.3 Å². The Morgan fingerprint density at radius 3 is 2.78 bits per heavy atom. The second-order valence-electron chi connectivity index (χ2n) is 5.71. The van der Waals surface area contributed by atoms with E-state index in [9.17, 15) is 9.59 Å². The zero-order valence-corrected chi connectivity index (χ0v) is 16.5. The lowest BCUT2D eigenvalue weighted by molar-refractivity contribution is 0.0956. The number of nitrogens with zero attached hydrogens (tertiary/aromatic N) is 2. The second-order valence-corrected chi connectivity index (χ2v) is 7.18. The summed E-state index contributed by atoms with van der Waals surface area (Å²) in [5.74, 6) is -0.195. The summed E-state index contributed by atoms with van der Waals surface area (Å²) in [4.78, 5) is 25.1. The molecule has 27 heavy (non-hydrogen) atoms. The number of hydrogen-bond acceptors (Lipinski definition) is 5. The highest BCUT2D eigenvalue weighted by molar-refractivity contribution is 7.20. The van der Waals surface area contributed by atoms with E-state index in [0.29, 0.717) is 29.6 Å². The Labute approximate surface area is 165 Å². The van der Waals surface area contributed by atoms with Gasteiger partial charge in [0.1, 0.15) is 4.83 Å². The molecule has 0 fully saturated rings. The predicted molar refractivity (Wildman–Crippen MR) is 106 cm³/mol. The fourth-order valence-corrected chi connectivity index (χ4v) is 3.84. The van der Waals surface area contributed by atoms with E-state index in [0.717, 1.165) is 21.6 Å². The van der Waals surface area contributed by atoms with Gasteiger partial charge in [-0.3, -0.25) is 4.79 Å². The number of fused-ring (bicyclic) bond motifs is 1. The van der Waals surface area contributed by atoms with Crippen LogP contribution in [0, 0.1) is 6.92 Å². The molecule has 3 aromatic rings. The first-order valence-electron chi connectivity index (χ1n) is 8.43. The van der Waals surface area contributed by atoms with E-state index in [-0.39, 0.29) is 5.91 Å². The van der Waals surface area contributed by atoms with Gasteiger partial charge in [-0.1, -0.05) is 17.7 Å². The van der Waals surface area contributed by atoms with E-state index in [1.807, 2.05) is 31.2 Å². The minimum Gasteiger partial charge on any atom is -0.450 e. The zero-order valence-electron chi connectivity index (χ0n) is 14.9. The van der Waals surface area contributed by atoms with Gasteiger partial charge in [-0.15, -0.1) is 11.3 Å². The Bertz CT molecular complexity index is 982. The van der Waals surface area contributed by atoms with E-state index in [2.05, 4.69) is 15.7 Å². The number of thiophene rings is 1. The molecule has 2 heterocycles. The molecule has 0 saturated heterocycles. The molecule has 0 bridgehead atoms. The normalized spacial score (nSPS) is 10.8. The summed E-state index contributed by atoms with van der Waals surface area (Å²) in [6.45, 7) is 4.55. The smallest absolute Gasteiger partial charge is 0.407 e. The van der Waals surface area contributed by atoms with E-state index in [1.54, 1.807) is 17.7 Å². The molecule has 1 aromatic carbocycles. The predicted octanol–water partition coefficient (Wildman–Crippen LogP) is 3.52. The number of ether oxygens (including phenoxy) is 1. The molecule has 2 N–H and O–H groups in total. The average molecular weight is 407 g/mol. The molecule has 3 rings (SSSR count). The van der Waals surface area contributed by atoms with E-state index >= 15 is 0 Å². The molecule has 0 aliphatic carbocycles. The first-order chi connectivity index (χ1) is 13.0. The maximum Gasteiger partial charge on any atom is 0.407 e. The first kappa shape index (κ1) is 19.2. The van der Waals surface area contributed by atoms with Gasteiger partial charge in [0.2, 0.25) is 0 Å². The average Bonchev–Trinajstić information content (AvgIpc) is 3.20. The quantitative estimate of drug-likeness (QED) is 0.613. The largest absolute Gasteiger partial charge is 0.450 e. The molecule has 0 atom stereocenters. The minimum atomic E-state index is -0.495. The van der Waals surface area contributed by atoms with Crippen LogP contribution >= 0.6 is 22.9 Å². The number of alkyl carbamates (subject to hydrolysis) is 1. The fraction of sp³-hybridized carbons (Fsp3) is 0.278. The second kappa shape index (κ2) is 8.41. The molecule has 142 valence electrons. The maximum absolute atomic E-state index is 12.4. The van der Waals surface area contributed by atoms with Gasteiger partial charge >= 0.3 is 6.09 Å². The number of nitrogens with one attached hydrogen (secondary N) is 2. The summed E-state index contributed by atoms with van der Waals surface area (Å²) in [6, 6.07) is 9.23. The Balaban J connectivity index is 1.72. The lowest BCUT2D eigenvalue weighted by atomic mass is 10.3. The standard InChI is InChI=1S/C18H19ClN4O3S/c1-3-26-18(25)21-8-7-20-16(24)15-10-14-11(2)22-23(17(14)27-15)13-6-4-5-12(19)9-13/h4-6,9-10H,3,7-8H2,1-2H3,(H,20,24)(H,21,25). The summed E-state index contributed by atoms with van der Waals surface area (Å²) >= 11 is 7.44. The number of aryl methyl sites for hydroxylation is 1. The van der Waals surface area contributed by atoms with Crippen molar-refractivity contribution in [3.8, 4) is 5.69 Å². The minimum absolute atomic E-state index is 0.195. The highest BCUT2D eigenvalue weighted by atomic mass is 35.5. The van der Waals surface area contributed by atoms with Crippen LogP contribution in [-0.2, 0) is 4.74 Å². The van der Waals surface area contributed by atoms with Crippen molar-refractivity contribution >= 4 is 45.2 Å². The Morgan fingerprint density at radius 2 is 2.04 bits per heavy atom. The summed E-state index contributed by atoms with van der Waals surface area (Å²) in [7, 11) is 0. The Morgan fingerprint density at radius 1 is 1.26 bits per heavy atom. The van der Waals surface area contributed by atoms with Crippen molar-refractivity contribution in [3.63, 3.8) is 0 Å². The van der Waals surface area contributed by atoms with Crippen LogP contribution < -0.4 is 10.6 Å². The first-order valence-corrected chi connectivity index (χ1v) is 9.63. The molecule has 0 aliphatic heterocycles. The van der Waals surface area contributed by atoms with Gasteiger partial charge in [0, 0.05) is 23.5 Å². The van der Waals surface area contributed by atoms with Crippen molar-refractivity contribution in [1.29, 1.82) is 0 Å². The van der Waals surface area contributed by atoms with Crippen LogP contribution in [0.25, 0.3) is 15.9 Å². The number of carbonyl (C=O) groups excluding carboxylic acids is 2. The number of amides is 2. The van der Waals surface area contributed by atoms with Gasteiger partial charge in [0.25, 0.3) is 5.91 Å². The van der Waals surface area contributed by atoms with E-state index in [1.165, 1.54) is 11.3 Å². The van der Waals surface area contributed by atoms with Crippen molar-refractivity contribution in [2.45, 2.75) is 13.8 Å². The van der Waals surface area contributed by atoms with Crippen molar-refractivity contribution in [3.05, 3.63) is 45.9 Å². The molecular weight excluding hydrogens is 388 g/mol. The Kier molecular flexibility index (Phi) is 5.98. The topological polar surface area (TPSA) is 85.2 Å². The van der Waals surface area contributed by atoms with E-state index in [4.69, 9.17) is 16.3 Å². The summed E-state index contributed by atoms with van der Waals surface area (Å²) in [5.41, 5.74) is 1.68. The monoisotopic (exact) mass is 406 g/mol. The van der Waals surface area contributed by atoms with Crippen LogP contribution in [0.5, 0.6) is 0 Å². The maximum atomic E-state index is 12.4. The number of rotatable bonds is 6. The molecule has 0 spiro atoms. The lowest BCUT2D eigenvalue weighted by Crippen LogP contribution is -2.34. The van der Waals surface area contributed by atoms with Gasteiger partial charge in [-0.05, 0) is 38.1 Å². The molecule has 2 aromatic heterocycles. The number of aromatic nitrogens is 2. The molecule has 9 heteroatoms. The summed E-state index contributed by atoms with van der Waals surface area (Å²) < 4.78 is 6.55. The number of halogens is 1. The van der Waals surface area contributed by atoms with Gasteiger partial charge < -0.3 is 15.4 Å². The van der Waals surface area contributed by atoms with Gasteiger partial charge in [0.15, 0.2) is 0 Å². The van der Waals surface area contributed by atoms with Crippen LogP contribution in [0.3, 0.4) is 0 Å². The van der Waals surface area contributed by atoms with Gasteiger partial charge in [0.05, 0.1) is 22.9 Å². The molecule has 0 unspecified atom stereocenters. The number of benzene rings is 1. The number of hydrogen-bond donors (Lipinski definition) is 2. The zero-order chi connectivity index (χ0) is 19.4. The van der Waals surface area contributed by atoms with Gasteiger partial charge in [-0.25, -0.2) is 9.48 Å². The third kappa shape index (κ3) is 4.40. The fourth-order valence-electron chi connectivity index (χ4n) is 2.55. The van der Waals surface area contributed by atoms with Crippen LogP contribution in [0.1, 0.15) is 22.3 Å². The van der Waals surface area contributed by atoms with Crippen LogP contribution in [0.4, 0.5) is 4.79 Å². The molecule has 0 aliphatic rings. The number of carbonyl (C=O) groups is 2. The van der Waals surface area contributed by atoms with Crippen LogP contribution in [-0.4, -0.2) is 41.5 Å². The molecule has 0 saturated carbocycles. The SMILES string of the molecule is CCOC(=O)NCCNC(=O)c1cc2c(C)nn(-c3cccc(Cl)c3)c2s1. The Hall–Kier alpha value is -2.58. The van der Waals surface area contributed by atoms with Gasteiger partial charge in [-0.2, -0.15) is 5.10 Å². The van der Waals surface area contributed by atoms with Crippen LogP contribution in [0.2, 0.25) is 5.02 Å². The highest BCUT2D eigenvalue weighted by Crippen LogP contribution is 2.30. The summed E-state index contributed by atoms with van der Waals surface area (Å²) in [6.07, 6.45) is -0.495. The molecule has 2 amide bonds. The molecule has 0 radical (unpaired) electrons. The molecule has 7 nitrogen and oxygen atoms in total. The third-order valence-electron chi connectivity index (χ3n) is 3.78. The van der Waals surface area contributed by atoms with E-state index < -0.39 is 6.09 Å². The van der Waals surface area contributed by atoms with Crippen molar-refractivity contribution in [2.24, 2.45) is 0 Å². The van der Waals surface area contributed by atoms with Crippen molar-refractivity contribution in [1.82, 2.24) is 20.4 Å². The van der Waals surface area contributed by atoms with Crippen molar-refractivity contribution in [2.75, 3.05) is 19.7 Å². The third-order valence-corrected chi connectivity index (χ3v) is 5.12. The summed E-state index contributed by atoms with van der Waals surface area (Å²) in [5, 5.41) is 11.4. The van der Waals surface area contributed by atoms with Crippen LogP contribution in [0.15, 0.2) is 30.3 Å².